The zero-order valence-electron chi connectivity index (χ0n) is 12.6. The Morgan fingerprint density at radius 1 is 1.19 bits per heavy atom. The van der Waals surface area contributed by atoms with Crippen molar-refractivity contribution < 1.29 is 19.6 Å². The van der Waals surface area contributed by atoms with Crippen LogP contribution in [-0.4, -0.2) is 59.6 Å². The summed E-state index contributed by atoms with van der Waals surface area (Å²) in [5.41, 5.74) is 0. The maximum atomic E-state index is 11.4. The number of likely N-dealkylation sites (tertiary alicyclic amines) is 1. The molecule has 7 heteroatoms. The zero-order chi connectivity index (χ0) is 15.7. The molecule has 120 valence electrons. The van der Waals surface area contributed by atoms with Crippen molar-refractivity contribution in [1.82, 2.24) is 15.3 Å². The lowest BCUT2D eigenvalue weighted by atomic mass is 10.1. The van der Waals surface area contributed by atoms with Crippen molar-refractivity contribution in [2.75, 3.05) is 26.7 Å². The van der Waals surface area contributed by atoms with E-state index < -0.39 is 0 Å². The van der Waals surface area contributed by atoms with Crippen molar-refractivity contribution in [3.63, 3.8) is 0 Å². The number of nitrogens with one attached hydrogen (secondary N) is 1. The van der Waals surface area contributed by atoms with Gasteiger partial charge in [0.2, 0.25) is 17.7 Å². The second-order valence-electron chi connectivity index (χ2n) is 5.33. The van der Waals surface area contributed by atoms with Crippen LogP contribution in [0.3, 0.4) is 0 Å². The molecule has 0 aliphatic carbocycles. The summed E-state index contributed by atoms with van der Waals surface area (Å²) in [6.07, 6.45) is 4.57. The topological polar surface area (TPSA) is 89.9 Å². The third-order valence-electron chi connectivity index (χ3n) is 3.45. The van der Waals surface area contributed by atoms with E-state index in [9.17, 15) is 14.4 Å². The average molecular weight is 299 g/mol. The van der Waals surface area contributed by atoms with Crippen molar-refractivity contribution in [2.24, 2.45) is 0 Å². The number of unbranched alkanes of at least 4 members (excludes halogenated alkanes) is 3. The van der Waals surface area contributed by atoms with Crippen LogP contribution in [0.5, 0.6) is 0 Å². The van der Waals surface area contributed by atoms with E-state index in [0.29, 0.717) is 38.9 Å². The second-order valence-corrected chi connectivity index (χ2v) is 5.33. The molecule has 0 aromatic carbocycles. The van der Waals surface area contributed by atoms with E-state index in [1.54, 1.807) is 0 Å². The summed E-state index contributed by atoms with van der Waals surface area (Å²) in [5, 5.41) is 12.6. The summed E-state index contributed by atoms with van der Waals surface area (Å²) in [5.74, 6) is -0.136. The van der Waals surface area contributed by atoms with Gasteiger partial charge in [0.25, 0.3) is 0 Å². The number of hydrogen-bond donors (Lipinski definition) is 2. The molecule has 0 unspecified atom stereocenters. The first-order valence-corrected chi connectivity index (χ1v) is 7.50. The Kier molecular flexibility index (Phi) is 7.92. The molecule has 0 saturated carbocycles. The monoisotopic (exact) mass is 299 g/mol. The summed E-state index contributed by atoms with van der Waals surface area (Å²) < 4.78 is 0. The molecule has 0 atom stereocenters. The number of hydrogen-bond acceptors (Lipinski definition) is 5. The fraction of sp³-hybridized carbons (Fsp3) is 0.786. The maximum absolute atomic E-state index is 11.4. The van der Waals surface area contributed by atoms with E-state index in [-0.39, 0.29) is 17.7 Å². The van der Waals surface area contributed by atoms with Gasteiger partial charge in [-0.05, 0) is 12.8 Å². The van der Waals surface area contributed by atoms with Crippen molar-refractivity contribution >= 4 is 17.7 Å². The molecule has 1 saturated heterocycles. The van der Waals surface area contributed by atoms with E-state index in [0.717, 1.165) is 30.7 Å². The van der Waals surface area contributed by atoms with E-state index in [2.05, 4.69) is 5.32 Å². The predicted octanol–water partition coefficient (Wildman–Crippen LogP) is 0.523. The SMILES string of the molecule is CN(O)CCNC(=O)CCCCCCN1C(=O)CCC1=O. The van der Waals surface area contributed by atoms with Gasteiger partial charge in [-0.25, -0.2) is 0 Å². The number of carbonyl (C=O) groups is 3. The van der Waals surface area contributed by atoms with Gasteiger partial charge in [-0.2, -0.15) is 5.06 Å². The van der Waals surface area contributed by atoms with Gasteiger partial charge in [0, 0.05) is 45.9 Å². The number of amides is 3. The highest BCUT2D eigenvalue weighted by molar-refractivity contribution is 6.01. The van der Waals surface area contributed by atoms with Gasteiger partial charge < -0.3 is 10.5 Å². The van der Waals surface area contributed by atoms with E-state index in [1.807, 2.05) is 0 Å². The van der Waals surface area contributed by atoms with Gasteiger partial charge in [-0.1, -0.05) is 12.8 Å². The molecule has 1 rings (SSSR count). The summed E-state index contributed by atoms with van der Waals surface area (Å²) in [4.78, 5) is 35.5. The number of imide groups is 1. The number of nitrogens with zero attached hydrogens (tertiary/aromatic N) is 2. The molecule has 2 N–H and O–H groups in total. The Bertz CT molecular complexity index is 355. The molecule has 21 heavy (non-hydrogen) atoms. The molecule has 0 aromatic heterocycles. The Morgan fingerprint density at radius 3 is 2.43 bits per heavy atom. The summed E-state index contributed by atoms with van der Waals surface area (Å²) >= 11 is 0. The molecule has 0 radical (unpaired) electrons. The highest BCUT2D eigenvalue weighted by atomic mass is 16.5. The van der Waals surface area contributed by atoms with Crippen LogP contribution in [0.4, 0.5) is 0 Å². The Morgan fingerprint density at radius 2 is 1.81 bits per heavy atom. The smallest absolute Gasteiger partial charge is 0.229 e. The highest BCUT2D eigenvalue weighted by Gasteiger charge is 2.27. The summed E-state index contributed by atoms with van der Waals surface area (Å²) in [7, 11) is 1.53. The first-order valence-electron chi connectivity index (χ1n) is 7.50. The van der Waals surface area contributed by atoms with E-state index >= 15 is 0 Å². The van der Waals surface area contributed by atoms with Gasteiger partial charge in [0.1, 0.15) is 0 Å². The lowest BCUT2D eigenvalue weighted by molar-refractivity contribution is -0.138. The van der Waals surface area contributed by atoms with Gasteiger partial charge in [0.15, 0.2) is 0 Å². The van der Waals surface area contributed by atoms with Crippen LogP contribution in [0.2, 0.25) is 0 Å². The molecule has 3 amide bonds. The molecule has 1 aliphatic rings. The van der Waals surface area contributed by atoms with E-state index in [4.69, 9.17) is 5.21 Å². The molecule has 0 bridgehead atoms. The minimum atomic E-state index is -0.0618. The molecule has 1 fully saturated rings. The van der Waals surface area contributed by atoms with Crippen molar-refractivity contribution in [3.05, 3.63) is 0 Å². The van der Waals surface area contributed by atoms with Crippen LogP contribution >= 0.6 is 0 Å². The Hall–Kier alpha value is -1.47. The molecule has 1 heterocycles. The normalized spacial score (nSPS) is 15.1. The Labute approximate surface area is 125 Å². The Balaban J connectivity index is 1.96. The average Bonchev–Trinajstić information content (AvgIpc) is 2.73. The van der Waals surface area contributed by atoms with Crippen LogP contribution in [-0.2, 0) is 14.4 Å². The molecular formula is C14H25N3O4. The fourth-order valence-corrected chi connectivity index (χ4v) is 2.23. The lowest BCUT2D eigenvalue weighted by Crippen LogP contribution is -2.31. The van der Waals surface area contributed by atoms with Gasteiger partial charge in [0.05, 0.1) is 0 Å². The van der Waals surface area contributed by atoms with Crippen molar-refractivity contribution in [2.45, 2.75) is 44.9 Å². The van der Waals surface area contributed by atoms with E-state index in [1.165, 1.54) is 11.9 Å². The minimum Gasteiger partial charge on any atom is -0.355 e. The highest BCUT2D eigenvalue weighted by Crippen LogP contribution is 2.13. The van der Waals surface area contributed by atoms with Gasteiger partial charge in [-0.3, -0.25) is 19.3 Å². The fourth-order valence-electron chi connectivity index (χ4n) is 2.23. The van der Waals surface area contributed by atoms with Crippen LogP contribution in [0.25, 0.3) is 0 Å². The molecular weight excluding hydrogens is 274 g/mol. The summed E-state index contributed by atoms with van der Waals surface area (Å²) in [6.45, 7) is 1.35. The molecule has 7 nitrogen and oxygen atoms in total. The number of rotatable bonds is 10. The first kappa shape index (κ1) is 17.6. The molecule has 1 aliphatic heterocycles. The van der Waals surface area contributed by atoms with Crippen LogP contribution in [0.15, 0.2) is 0 Å². The van der Waals surface area contributed by atoms with Crippen molar-refractivity contribution in [3.8, 4) is 0 Å². The van der Waals surface area contributed by atoms with Gasteiger partial charge in [-0.15, -0.1) is 0 Å². The third kappa shape index (κ3) is 7.19. The molecule has 0 spiro atoms. The first-order chi connectivity index (χ1) is 10.0. The lowest BCUT2D eigenvalue weighted by Gasteiger charge is -2.13. The number of likely N-dealkylation sites (N-methyl/N-ethyl adjacent to an activating group) is 1. The zero-order valence-corrected chi connectivity index (χ0v) is 12.6. The molecule has 0 aromatic rings. The second kappa shape index (κ2) is 9.46. The minimum absolute atomic E-state index is 0.0123. The number of hydroxylamine groups is 2. The predicted molar refractivity (Wildman–Crippen MR) is 76.5 cm³/mol. The maximum Gasteiger partial charge on any atom is 0.229 e. The van der Waals surface area contributed by atoms with Crippen LogP contribution in [0, 0.1) is 0 Å². The third-order valence-corrected chi connectivity index (χ3v) is 3.45. The van der Waals surface area contributed by atoms with Crippen LogP contribution in [0.1, 0.15) is 44.9 Å². The van der Waals surface area contributed by atoms with Gasteiger partial charge >= 0.3 is 0 Å². The number of carbonyl (C=O) groups excluding carboxylic acids is 3. The quantitative estimate of drug-likeness (QED) is 0.349. The van der Waals surface area contributed by atoms with Crippen molar-refractivity contribution in [1.29, 1.82) is 0 Å². The standard InChI is InChI=1S/C14H25N3O4/c1-16(21)11-9-15-12(18)6-4-2-3-5-10-17-13(19)7-8-14(17)20/h21H,2-11H2,1H3,(H,15,18). The summed E-state index contributed by atoms with van der Waals surface area (Å²) in [6, 6.07) is 0. The van der Waals surface area contributed by atoms with Crippen LogP contribution < -0.4 is 5.32 Å². The largest absolute Gasteiger partial charge is 0.355 e.